The first kappa shape index (κ1) is 17.7. The molecular formula is C20H24O4Si. The van der Waals surface area contributed by atoms with E-state index in [0.717, 1.165) is 16.7 Å². The van der Waals surface area contributed by atoms with Crippen molar-refractivity contribution in [2.45, 2.75) is 32.2 Å². The molecule has 0 heterocycles. The quantitative estimate of drug-likeness (QED) is 0.749. The van der Waals surface area contributed by atoms with Crippen molar-refractivity contribution in [1.82, 2.24) is 0 Å². The minimum absolute atomic E-state index is 0.0188. The van der Waals surface area contributed by atoms with E-state index in [-0.39, 0.29) is 5.78 Å². The molecule has 5 heteroatoms. The molecule has 1 aliphatic rings. The van der Waals surface area contributed by atoms with Crippen LogP contribution in [0.15, 0.2) is 36.4 Å². The van der Waals surface area contributed by atoms with Crippen LogP contribution >= 0.6 is 0 Å². The summed E-state index contributed by atoms with van der Waals surface area (Å²) in [7, 11) is 1.15. The first-order chi connectivity index (χ1) is 11.7. The standard InChI is InChI=1S/C20H24O4Si/c1-13-7-9-14(10-8-13)20(24-25(4,5)6)16-12-18(23-3)17(22-2)11-15(16)19(20)21/h7-12H,1-6H3. The van der Waals surface area contributed by atoms with Gasteiger partial charge in [0.25, 0.3) is 0 Å². The molecule has 0 amide bonds. The maximum absolute atomic E-state index is 13.2. The van der Waals surface area contributed by atoms with Gasteiger partial charge in [-0.2, -0.15) is 0 Å². The van der Waals surface area contributed by atoms with Crippen molar-refractivity contribution >= 4 is 14.1 Å². The van der Waals surface area contributed by atoms with E-state index in [1.165, 1.54) is 0 Å². The molecule has 2 aromatic carbocycles. The molecule has 0 saturated carbocycles. The van der Waals surface area contributed by atoms with E-state index in [1.54, 1.807) is 20.3 Å². The summed E-state index contributed by atoms with van der Waals surface area (Å²) in [5.41, 5.74) is 2.45. The van der Waals surface area contributed by atoms with Gasteiger partial charge in [-0.3, -0.25) is 4.79 Å². The number of methoxy groups -OCH3 is 2. The predicted molar refractivity (Wildman–Crippen MR) is 100 cm³/mol. The van der Waals surface area contributed by atoms with Gasteiger partial charge in [0.1, 0.15) is 0 Å². The molecule has 2 aromatic rings. The number of fused-ring (bicyclic) bond motifs is 1. The Hall–Kier alpha value is -2.11. The summed E-state index contributed by atoms with van der Waals surface area (Å²) in [4.78, 5) is 13.2. The first-order valence-corrected chi connectivity index (χ1v) is 11.7. The number of benzene rings is 2. The largest absolute Gasteiger partial charge is 0.493 e. The fourth-order valence-electron chi connectivity index (χ4n) is 3.30. The molecule has 132 valence electrons. The van der Waals surface area contributed by atoms with Crippen LogP contribution in [-0.2, 0) is 10.0 Å². The van der Waals surface area contributed by atoms with Crippen molar-refractivity contribution in [3.05, 3.63) is 58.7 Å². The lowest BCUT2D eigenvalue weighted by Crippen LogP contribution is -2.54. The number of Topliss-reactive ketones (excluding diaryl/α,β-unsaturated/α-hetero) is 1. The maximum atomic E-state index is 13.2. The van der Waals surface area contributed by atoms with Gasteiger partial charge in [0.05, 0.1) is 14.2 Å². The van der Waals surface area contributed by atoms with Gasteiger partial charge in [0.2, 0.25) is 5.78 Å². The van der Waals surface area contributed by atoms with Crippen molar-refractivity contribution in [2.75, 3.05) is 14.2 Å². The number of rotatable bonds is 5. The maximum Gasteiger partial charge on any atom is 0.203 e. The average molecular weight is 356 g/mol. The second kappa shape index (κ2) is 6.00. The number of hydrogen-bond acceptors (Lipinski definition) is 4. The smallest absolute Gasteiger partial charge is 0.203 e. The summed E-state index contributed by atoms with van der Waals surface area (Å²) in [6, 6.07) is 11.6. The van der Waals surface area contributed by atoms with Gasteiger partial charge in [0, 0.05) is 11.1 Å². The van der Waals surface area contributed by atoms with Crippen molar-refractivity contribution in [2.24, 2.45) is 0 Å². The van der Waals surface area contributed by atoms with Crippen LogP contribution in [0, 0.1) is 6.92 Å². The Morgan fingerprint density at radius 3 is 2.00 bits per heavy atom. The molecule has 0 radical (unpaired) electrons. The molecule has 25 heavy (non-hydrogen) atoms. The minimum Gasteiger partial charge on any atom is -0.493 e. The zero-order chi connectivity index (χ0) is 18.4. The van der Waals surface area contributed by atoms with Crippen molar-refractivity contribution in [1.29, 1.82) is 0 Å². The molecule has 1 aliphatic carbocycles. The highest BCUT2D eigenvalue weighted by Crippen LogP contribution is 2.51. The molecule has 0 N–H and O–H groups in total. The highest BCUT2D eigenvalue weighted by molar-refractivity contribution is 6.70. The van der Waals surface area contributed by atoms with Crippen LogP contribution in [0.2, 0.25) is 19.6 Å². The zero-order valence-corrected chi connectivity index (χ0v) is 16.6. The van der Waals surface area contributed by atoms with Crippen molar-refractivity contribution in [3.63, 3.8) is 0 Å². The molecule has 0 fully saturated rings. The van der Waals surface area contributed by atoms with Crippen molar-refractivity contribution in [3.8, 4) is 11.5 Å². The van der Waals surface area contributed by atoms with Gasteiger partial charge < -0.3 is 13.9 Å². The van der Waals surface area contributed by atoms with E-state index < -0.39 is 13.9 Å². The zero-order valence-electron chi connectivity index (χ0n) is 15.6. The lowest BCUT2D eigenvalue weighted by molar-refractivity contribution is 0.0454. The molecule has 0 aromatic heterocycles. The lowest BCUT2D eigenvalue weighted by Gasteiger charge is -2.46. The molecule has 4 nitrogen and oxygen atoms in total. The minimum atomic E-state index is -2.01. The van der Waals surface area contributed by atoms with E-state index in [0.29, 0.717) is 17.1 Å². The number of ether oxygens (including phenoxy) is 2. The van der Waals surface area contributed by atoms with Crippen LogP contribution in [0.25, 0.3) is 0 Å². The summed E-state index contributed by atoms with van der Waals surface area (Å²) in [6.07, 6.45) is 0. The van der Waals surface area contributed by atoms with Gasteiger partial charge in [0.15, 0.2) is 25.4 Å². The third-order valence-electron chi connectivity index (χ3n) is 4.38. The van der Waals surface area contributed by atoms with E-state index in [9.17, 15) is 4.79 Å². The van der Waals surface area contributed by atoms with Crippen molar-refractivity contribution < 1.29 is 18.7 Å². The SMILES string of the molecule is COc1cc2c(cc1OC)C(O[Si](C)(C)C)(c1ccc(C)cc1)C2=O. The molecule has 0 spiro atoms. The second-order valence-electron chi connectivity index (χ2n) is 7.34. The highest BCUT2D eigenvalue weighted by Gasteiger charge is 2.56. The van der Waals surface area contributed by atoms with Crippen LogP contribution < -0.4 is 9.47 Å². The van der Waals surface area contributed by atoms with Gasteiger partial charge in [-0.15, -0.1) is 0 Å². The third kappa shape index (κ3) is 2.77. The summed E-state index contributed by atoms with van der Waals surface area (Å²) in [6.45, 7) is 8.30. The molecule has 0 aliphatic heterocycles. The van der Waals surface area contributed by atoms with Gasteiger partial charge in [-0.1, -0.05) is 29.8 Å². The van der Waals surface area contributed by atoms with E-state index in [4.69, 9.17) is 13.9 Å². The summed E-state index contributed by atoms with van der Waals surface area (Å²) in [5.74, 6) is 1.14. The monoisotopic (exact) mass is 356 g/mol. The number of hydrogen-bond donors (Lipinski definition) is 0. The summed E-state index contributed by atoms with van der Waals surface area (Å²) >= 11 is 0. The van der Waals surface area contributed by atoms with E-state index in [2.05, 4.69) is 19.6 Å². The Kier molecular flexibility index (Phi) is 4.25. The average Bonchev–Trinajstić information content (AvgIpc) is 2.58. The van der Waals surface area contributed by atoms with Gasteiger partial charge in [-0.25, -0.2) is 0 Å². The molecule has 0 saturated heterocycles. The summed E-state index contributed by atoms with van der Waals surface area (Å²) in [5, 5.41) is 0. The van der Waals surface area contributed by atoms with Crippen LogP contribution in [0.3, 0.4) is 0 Å². The van der Waals surface area contributed by atoms with Crippen LogP contribution in [0.5, 0.6) is 11.5 Å². The van der Waals surface area contributed by atoms with E-state index in [1.807, 2.05) is 37.3 Å². The number of ketones is 1. The molecule has 1 atom stereocenters. The Labute approximate surface area is 149 Å². The van der Waals surface area contributed by atoms with Crippen LogP contribution in [-0.4, -0.2) is 28.3 Å². The normalized spacial score (nSPS) is 19.2. The molecule has 3 rings (SSSR count). The van der Waals surface area contributed by atoms with Crippen LogP contribution in [0.4, 0.5) is 0 Å². The molecular weight excluding hydrogens is 332 g/mol. The number of carbonyl (C=O) groups is 1. The van der Waals surface area contributed by atoms with Gasteiger partial charge >= 0.3 is 0 Å². The predicted octanol–water partition coefficient (Wildman–Crippen LogP) is 4.30. The Bertz CT molecular complexity index is 821. The summed E-state index contributed by atoms with van der Waals surface area (Å²) < 4.78 is 17.3. The Balaban J connectivity index is 2.23. The molecule has 1 unspecified atom stereocenters. The fraction of sp³-hybridized carbons (Fsp3) is 0.350. The van der Waals surface area contributed by atoms with E-state index >= 15 is 0 Å². The number of carbonyl (C=O) groups excluding carboxylic acids is 1. The topological polar surface area (TPSA) is 44.8 Å². The second-order valence-corrected chi connectivity index (χ2v) is 11.8. The Morgan fingerprint density at radius 2 is 1.48 bits per heavy atom. The lowest BCUT2D eigenvalue weighted by atomic mass is 9.68. The van der Waals surface area contributed by atoms with Gasteiger partial charge in [-0.05, 0) is 44.3 Å². The third-order valence-corrected chi connectivity index (χ3v) is 5.30. The fourth-order valence-corrected chi connectivity index (χ4v) is 4.54. The number of aryl methyl sites for hydroxylation is 1. The molecule has 0 bridgehead atoms. The van der Waals surface area contributed by atoms with Crippen LogP contribution in [0.1, 0.15) is 27.0 Å². The highest BCUT2D eigenvalue weighted by atomic mass is 28.4. The first-order valence-electron chi connectivity index (χ1n) is 8.31. The Morgan fingerprint density at radius 1 is 0.920 bits per heavy atom.